The van der Waals surface area contributed by atoms with Gasteiger partial charge in [0.15, 0.2) is 5.71 Å². The highest BCUT2D eigenvalue weighted by Crippen LogP contribution is 2.19. The second-order valence-corrected chi connectivity index (χ2v) is 4.02. The maximum absolute atomic E-state index is 11.9. The Labute approximate surface area is 117 Å². The number of hydrogen-bond donors (Lipinski definition) is 0. The highest BCUT2D eigenvalue weighted by molar-refractivity contribution is 6.43. The fourth-order valence-electron chi connectivity index (χ4n) is 1.71. The molecule has 0 fully saturated rings. The first kappa shape index (κ1) is 13.8. The van der Waals surface area contributed by atoms with E-state index >= 15 is 0 Å². The van der Waals surface area contributed by atoms with Crippen molar-refractivity contribution in [1.29, 1.82) is 0 Å². The van der Waals surface area contributed by atoms with Gasteiger partial charge >= 0.3 is 5.97 Å². The molecule has 0 heterocycles. The predicted octanol–water partition coefficient (Wildman–Crippen LogP) is 2.99. The summed E-state index contributed by atoms with van der Waals surface area (Å²) in [6.45, 7) is 0. The van der Waals surface area contributed by atoms with Gasteiger partial charge in [0.25, 0.3) is 0 Å². The number of benzene rings is 2. The monoisotopic (exact) mass is 269 g/mol. The zero-order valence-corrected chi connectivity index (χ0v) is 11.4. The molecule has 0 N–H and O–H groups in total. The van der Waals surface area contributed by atoms with E-state index < -0.39 is 5.97 Å². The van der Waals surface area contributed by atoms with E-state index in [2.05, 4.69) is 4.99 Å². The van der Waals surface area contributed by atoms with Crippen LogP contribution in [0.5, 0.6) is 5.75 Å². The summed E-state index contributed by atoms with van der Waals surface area (Å²) < 4.78 is 9.88. The van der Waals surface area contributed by atoms with Gasteiger partial charge in [-0.15, -0.1) is 0 Å². The van der Waals surface area contributed by atoms with Gasteiger partial charge in [0.2, 0.25) is 0 Å². The second kappa shape index (κ2) is 6.52. The smallest absolute Gasteiger partial charge is 0.357 e. The van der Waals surface area contributed by atoms with E-state index in [9.17, 15) is 4.79 Å². The number of carbonyl (C=O) groups is 1. The van der Waals surface area contributed by atoms with E-state index in [-0.39, 0.29) is 5.71 Å². The van der Waals surface area contributed by atoms with Crippen molar-refractivity contribution in [3.63, 3.8) is 0 Å². The highest BCUT2D eigenvalue weighted by Gasteiger charge is 2.14. The minimum Gasteiger partial charge on any atom is -0.497 e. The standard InChI is InChI=1S/C16H15NO3/c1-19-14-10-8-13(9-11-14)17-15(16(18)20-2)12-6-4-3-5-7-12/h3-11H,1-2H3. The minimum atomic E-state index is -0.466. The molecule has 20 heavy (non-hydrogen) atoms. The Morgan fingerprint density at radius 3 is 2.15 bits per heavy atom. The number of esters is 1. The Balaban J connectivity index is 2.40. The van der Waals surface area contributed by atoms with Crippen LogP contribution in [0.25, 0.3) is 0 Å². The van der Waals surface area contributed by atoms with Crippen LogP contribution >= 0.6 is 0 Å². The SMILES string of the molecule is COC(=O)C(=Nc1ccc(OC)cc1)c1ccccc1. The van der Waals surface area contributed by atoms with E-state index in [0.29, 0.717) is 5.69 Å². The van der Waals surface area contributed by atoms with Crippen molar-refractivity contribution in [3.05, 3.63) is 60.2 Å². The van der Waals surface area contributed by atoms with Crippen LogP contribution in [0.2, 0.25) is 0 Å². The molecule has 0 bridgehead atoms. The first-order chi connectivity index (χ1) is 9.74. The second-order valence-electron chi connectivity index (χ2n) is 4.02. The lowest BCUT2D eigenvalue weighted by Crippen LogP contribution is -2.16. The minimum absolute atomic E-state index is 0.276. The first-order valence-electron chi connectivity index (χ1n) is 6.11. The molecule has 4 heteroatoms. The highest BCUT2D eigenvalue weighted by atomic mass is 16.5. The van der Waals surface area contributed by atoms with E-state index in [0.717, 1.165) is 11.3 Å². The van der Waals surface area contributed by atoms with Crippen LogP contribution in [-0.4, -0.2) is 25.9 Å². The third-order valence-corrected chi connectivity index (χ3v) is 2.74. The van der Waals surface area contributed by atoms with E-state index in [1.807, 2.05) is 30.3 Å². The van der Waals surface area contributed by atoms with Crippen LogP contribution in [-0.2, 0) is 9.53 Å². The van der Waals surface area contributed by atoms with Crippen LogP contribution in [0, 0.1) is 0 Å². The van der Waals surface area contributed by atoms with Gasteiger partial charge in [0.1, 0.15) is 5.75 Å². The Morgan fingerprint density at radius 1 is 0.950 bits per heavy atom. The number of hydrogen-bond acceptors (Lipinski definition) is 4. The van der Waals surface area contributed by atoms with Crippen molar-refractivity contribution in [2.45, 2.75) is 0 Å². The van der Waals surface area contributed by atoms with Gasteiger partial charge < -0.3 is 9.47 Å². The zero-order valence-electron chi connectivity index (χ0n) is 11.4. The van der Waals surface area contributed by atoms with Crippen molar-refractivity contribution >= 4 is 17.4 Å². The molecule has 102 valence electrons. The van der Waals surface area contributed by atoms with Crippen LogP contribution in [0.3, 0.4) is 0 Å². The zero-order chi connectivity index (χ0) is 14.4. The molecule has 4 nitrogen and oxygen atoms in total. The molecule has 0 aromatic heterocycles. The van der Waals surface area contributed by atoms with Crippen molar-refractivity contribution in [3.8, 4) is 5.75 Å². The van der Waals surface area contributed by atoms with Gasteiger partial charge in [-0.3, -0.25) is 0 Å². The van der Waals surface area contributed by atoms with Gasteiger partial charge in [-0.25, -0.2) is 9.79 Å². The lowest BCUT2D eigenvalue weighted by atomic mass is 10.1. The molecule has 0 unspecified atom stereocenters. The summed E-state index contributed by atoms with van der Waals surface area (Å²) in [5.74, 6) is 0.273. The number of methoxy groups -OCH3 is 2. The summed E-state index contributed by atoms with van der Waals surface area (Å²) in [5, 5.41) is 0. The van der Waals surface area contributed by atoms with Gasteiger partial charge in [-0.2, -0.15) is 0 Å². The predicted molar refractivity (Wildman–Crippen MR) is 77.6 cm³/mol. The Bertz CT molecular complexity index is 603. The van der Waals surface area contributed by atoms with Gasteiger partial charge in [0, 0.05) is 5.56 Å². The van der Waals surface area contributed by atoms with E-state index in [1.165, 1.54) is 7.11 Å². The van der Waals surface area contributed by atoms with E-state index in [1.54, 1.807) is 31.4 Å². The molecule has 2 rings (SSSR count). The van der Waals surface area contributed by atoms with E-state index in [4.69, 9.17) is 9.47 Å². The summed E-state index contributed by atoms with van der Waals surface area (Å²) in [6.07, 6.45) is 0. The fraction of sp³-hybridized carbons (Fsp3) is 0.125. The summed E-state index contributed by atoms with van der Waals surface area (Å²) >= 11 is 0. The van der Waals surface area contributed by atoms with Crippen LogP contribution in [0.1, 0.15) is 5.56 Å². The molecule has 0 radical (unpaired) electrons. The lowest BCUT2D eigenvalue weighted by Gasteiger charge is -2.05. The molecule has 0 aliphatic rings. The Kier molecular flexibility index (Phi) is 4.50. The normalized spacial score (nSPS) is 11.0. The Hall–Kier alpha value is -2.62. The average molecular weight is 269 g/mol. The summed E-state index contributed by atoms with van der Waals surface area (Å²) in [7, 11) is 2.94. The molecular formula is C16H15NO3. The molecule has 0 atom stereocenters. The van der Waals surface area contributed by atoms with Crippen LogP contribution < -0.4 is 4.74 Å². The third-order valence-electron chi connectivity index (χ3n) is 2.74. The van der Waals surface area contributed by atoms with Gasteiger partial charge in [-0.05, 0) is 24.3 Å². The molecule has 0 saturated carbocycles. The van der Waals surface area contributed by atoms with Gasteiger partial charge in [-0.1, -0.05) is 30.3 Å². The van der Waals surface area contributed by atoms with Crippen molar-refractivity contribution in [2.75, 3.05) is 14.2 Å². The quantitative estimate of drug-likeness (QED) is 0.633. The van der Waals surface area contributed by atoms with Crippen molar-refractivity contribution in [1.82, 2.24) is 0 Å². The molecule has 2 aromatic carbocycles. The molecule has 0 saturated heterocycles. The summed E-state index contributed by atoms with van der Waals surface area (Å²) in [5.41, 5.74) is 1.66. The van der Waals surface area contributed by atoms with Gasteiger partial charge in [0.05, 0.1) is 19.9 Å². The molecule has 2 aromatic rings. The summed E-state index contributed by atoms with van der Waals surface area (Å²) in [4.78, 5) is 16.2. The van der Waals surface area contributed by atoms with Crippen LogP contribution in [0.15, 0.2) is 59.6 Å². The number of ether oxygens (including phenoxy) is 2. The van der Waals surface area contributed by atoms with Crippen molar-refractivity contribution in [2.24, 2.45) is 4.99 Å². The lowest BCUT2D eigenvalue weighted by molar-refractivity contribution is -0.132. The molecule has 0 spiro atoms. The number of nitrogens with zero attached hydrogens (tertiary/aromatic N) is 1. The maximum Gasteiger partial charge on any atom is 0.357 e. The third kappa shape index (κ3) is 3.23. The topological polar surface area (TPSA) is 47.9 Å². The Morgan fingerprint density at radius 2 is 1.60 bits per heavy atom. The maximum atomic E-state index is 11.9. The molecule has 0 aliphatic heterocycles. The number of carbonyl (C=O) groups excluding carboxylic acids is 1. The van der Waals surface area contributed by atoms with Crippen LogP contribution in [0.4, 0.5) is 5.69 Å². The largest absolute Gasteiger partial charge is 0.497 e. The summed E-state index contributed by atoms with van der Waals surface area (Å²) in [6, 6.07) is 16.4. The number of rotatable bonds is 4. The van der Waals surface area contributed by atoms with Crippen molar-refractivity contribution < 1.29 is 14.3 Å². The fourth-order valence-corrected chi connectivity index (χ4v) is 1.71. The molecule has 0 amide bonds. The molecular weight excluding hydrogens is 254 g/mol. The average Bonchev–Trinajstić information content (AvgIpc) is 2.53. The molecule has 0 aliphatic carbocycles. The first-order valence-corrected chi connectivity index (χ1v) is 6.11. The number of aliphatic imine (C=N–C) groups is 1.